The predicted octanol–water partition coefficient (Wildman–Crippen LogP) is 0.554. The third-order valence-electron chi connectivity index (χ3n) is 1.85. The predicted molar refractivity (Wildman–Crippen MR) is 53.5 cm³/mol. The van der Waals surface area contributed by atoms with Gasteiger partial charge >= 0.3 is 5.82 Å². The van der Waals surface area contributed by atoms with Crippen LogP contribution in [0, 0.1) is 0 Å². The number of H-pyrrole nitrogens is 1. The maximum absolute atomic E-state index is 5.37. The smallest absolute Gasteiger partial charge is 0.376 e. The van der Waals surface area contributed by atoms with Gasteiger partial charge in [0.25, 0.3) is 5.88 Å². The highest BCUT2D eigenvalue weighted by Crippen LogP contribution is 2.19. The highest BCUT2D eigenvalue weighted by molar-refractivity contribution is 5.45. The zero-order valence-corrected chi connectivity index (χ0v) is 9.47. The van der Waals surface area contributed by atoms with Crippen molar-refractivity contribution >= 4 is 0 Å². The van der Waals surface area contributed by atoms with E-state index < -0.39 is 0 Å². The summed E-state index contributed by atoms with van der Waals surface area (Å²) in [4.78, 5) is 1.60. The lowest BCUT2D eigenvalue weighted by Gasteiger charge is -2.02. The zero-order valence-electron chi connectivity index (χ0n) is 9.47. The van der Waals surface area contributed by atoms with Gasteiger partial charge in [0.15, 0.2) is 0 Å². The average Bonchev–Trinajstić information content (AvgIpc) is 2.83. The fourth-order valence-corrected chi connectivity index (χ4v) is 1.17. The minimum Gasteiger partial charge on any atom is -0.473 e. The molecule has 1 N–H and O–H groups in total. The van der Waals surface area contributed by atoms with Crippen LogP contribution >= 0.6 is 0 Å². The molecular formula is C9H14N5O2+. The third kappa shape index (κ3) is 2.18. The van der Waals surface area contributed by atoms with Crippen LogP contribution in [-0.4, -0.2) is 26.7 Å². The van der Waals surface area contributed by atoms with E-state index in [1.807, 2.05) is 20.8 Å². The lowest BCUT2D eigenvalue weighted by atomic mass is 10.4. The Hall–Kier alpha value is -1.92. The molecule has 86 valence electrons. The van der Waals surface area contributed by atoms with Gasteiger partial charge in [-0.1, -0.05) is 4.80 Å². The van der Waals surface area contributed by atoms with E-state index in [9.17, 15) is 0 Å². The van der Waals surface area contributed by atoms with Gasteiger partial charge in [-0.3, -0.25) is 0 Å². The van der Waals surface area contributed by atoms with Crippen LogP contribution in [0.3, 0.4) is 0 Å². The molecule has 2 aromatic rings. The lowest BCUT2D eigenvalue weighted by Crippen LogP contribution is -2.37. The average molecular weight is 224 g/mol. The van der Waals surface area contributed by atoms with E-state index >= 15 is 0 Å². The number of nitrogens with one attached hydrogen (secondary N) is 1. The summed E-state index contributed by atoms with van der Waals surface area (Å²) in [5.74, 6) is 1.39. The van der Waals surface area contributed by atoms with Crippen molar-refractivity contribution in [2.45, 2.75) is 33.4 Å². The Morgan fingerprint density at radius 1 is 1.56 bits per heavy atom. The number of hydrogen-bond donors (Lipinski definition) is 1. The SMILES string of the molecule is CC[n+]1nc(-c2cc(OC(C)C)no2)n[nH]1. The Morgan fingerprint density at radius 3 is 3.00 bits per heavy atom. The highest BCUT2D eigenvalue weighted by Gasteiger charge is 2.19. The summed E-state index contributed by atoms with van der Waals surface area (Å²) in [5.41, 5.74) is 0. The van der Waals surface area contributed by atoms with Crippen molar-refractivity contribution in [2.24, 2.45) is 0 Å². The minimum absolute atomic E-state index is 0.0608. The normalized spacial score (nSPS) is 11.0. The topological polar surface area (TPSA) is 80.7 Å². The molecule has 2 heterocycles. The standard InChI is InChI=1S/C9H13N5O2/c1-4-14-11-9(10-13-14)7-5-8(12-16-7)15-6(2)3/h5-6H,4H2,1-3H3/p+1. The molecule has 7 nitrogen and oxygen atoms in total. The first-order valence-electron chi connectivity index (χ1n) is 5.15. The molecule has 0 bridgehead atoms. The third-order valence-corrected chi connectivity index (χ3v) is 1.85. The molecular weight excluding hydrogens is 210 g/mol. The first kappa shape index (κ1) is 10.6. The molecule has 0 atom stereocenters. The number of nitrogens with zero attached hydrogens (tertiary/aromatic N) is 4. The van der Waals surface area contributed by atoms with Crippen molar-refractivity contribution in [1.29, 1.82) is 0 Å². The van der Waals surface area contributed by atoms with Crippen LogP contribution in [0.4, 0.5) is 0 Å². The van der Waals surface area contributed by atoms with Crippen LogP contribution in [0.25, 0.3) is 11.6 Å². The summed E-state index contributed by atoms with van der Waals surface area (Å²) >= 11 is 0. The van der Waals surface area contributed by atoms with Crippen LogP contribution in [0.1, 0.15) is 20.8 Å². The van der Waals surface area contributed by atoms with Gasteiger partial charge in [-0.2, -0.15) is 0 Å². The molecule has 2 rings (SSSR count). The number of aryl methyl sites for hydroxylation is 1. The van der Waals surface area contributed by atoms with Gasteiger partial charge in [-0.15, -0.1) is 0 Å². The van der Waals surface area contributed by atoms with Crippen LogP contribution in [0.2, 0.25) is 0 Å². The molecule has 2 aromatic heterocycles. The second-order valence-electron chi connectivity index (χ2n) is 3.55. The molecule has 0 aromatic carbocycles. The Balaban J connectivity index is 2.17. The molecule has 0 unspecified atom stereocenters. The summed E-state index contributed by atoms with van der Waals surface area (Å²) < 4.78 is 10.4. The van der Waals surface area contributed by atoms with Crippen molar-refractivity contribution in [3.05, 3.63) is 6.07 Å². The highest BCUT2D eigenvalue weighted by atomic mass is 16.5. The van der Waals surface area contributed by atoms with E-state index in [-0.39, 0.29) is 6.10 Å². The maximum atomic E-state index is 5.37. The number of aromatic amines is 1. The molecule has 16 heavy (non-hydrogen) atoms. The van der Waals surface area contributed by atoms with Crippen LogP contribution in [-0.2, 0) is 6.54 Å². The van der Waals surface area contributed by atoms with Gasteiger partial charge in [-0.05, 0) is 36.2 Å². The molecule has 0 aliphatic rings. The largest absolute Gasteiger partial charge is 0.473 e. The van der Waals surface area contributed by atoms with Crippen LogP contribution in [0.5, 0.6) is 5.88 Å². The van der Waals surface area contributed by atoms with E-state index in [1.54, 1.807) is 10.9 Å². The van der Waals surface area contributed by atoms with Crippen LogP contribution in [0.15, 0.2) is 10.6 Å². The fraction of sp³-hybridized carbons (Fsp3) is 0.556. The molecule has 0 aliphatic carbocycles. The van der Waals surface area contributed by atoms with Gasteiger partial charge in [0.1, 0.15) is 6.54 Å². The summed E-state index contributed by atoms with van der Waals surface area (Å²) in [6, 6.07) is 1.67. The molecule has 0 saturated heterocycles. The first-order valence-corrected chi connectivity index (χ1v) is 5.15. The molecule has 0 fully saturated rings. The van der Waals surface area contributed by atoms with Crippen LogP contribution < -0.4 is 9.53 Å². The molecule has 7 heteroatoms. The van der Waals surface area contributed by atoms with E-state index in [1.165, 1.54) is 0 Å². The second-order valence-corrected chi connectivity index (χ2v) is 3.55. The molecule has 0 radical (unpaired) electrons. The second kappa shape index (κ2) is 4.30. The van der Waals surface area contributed by atoms with E-state index in [2.05, 4.69) is 20.6 Å². The molecule has 0 saturated carbocycles. The monoisotopic (exact) mass is 224 g/mol. The Kier molecular flexibility index (Phi) is 2.84. The van der Waals surface area contributed by atoms with Crippen molar-refractivity contribution in [3.63, 3.8) is 0 Å². The van der Waals surface area contributed by atoms with Gasteiger partial charge in [0.05, 0.1) is 17.3 Å². The van der Waals surface area contributed by atoms with Crippen molar-refractivity contribution in [1.82, 2.24) is 20.6 Å². The zero-order chi connectivity index (χ0) is 11.5. The summed E-state index contributed by atoms with van der Waals surface area (Å²) in [5, 5.41) is 14.6. The summed E-state index contributed by atoms with van der Waals surface area (Å²) in [6.07, 6.45) is 0.0608. The number of tetrazole rings is 1. The Bertz CT molecular complexity index is 462. The van der Waals surface area contributed by atoms with Gasteiger partial charge in [-0.25, -0.2) is 0 Å². The van der Waals surface area contributed by atoms with E-state index in [0.29, 0.717) is 17.5 Å². The minimum atomic E-state index is 0.0608. The lowest BCUT2D eigenvalue weighted by molar-refractivity contribution is -0.802. The molecule has 0 spiro atoms. The number of aromatic nitrogens is 5. The van der Waals surface area contributed by atoms with E-state index in [0.717, 1.165) is 6.54 Å². The van der Waals surface area contributed by atoms with Gasteiger partial charge in [0.2, 0.25) is 5.76 Å². The number of ether oxygens (including phenoxy) is 1. The van der Waals surface area contributed by atoms with E-state index in [4.69, 9.17) is 9.26 Å². The van der Waals surface area contributed by atoms with Crippen molar-refractivity contribution in [2.75, 3.05) is 0 Å². The van der Waals surface area contributed by atoms with Crippen molar-refractivity contribution in [3.8, 4) is 17.5 Å². The summed E-state index contributed by atoms with van der Waals surface area (Å²) in [6.45, 7) is 6.53. The van der Waals surface area contributed by atoms with Crippen molar-refractivity contribution < 1.29 is 14.1 Å². The summed E-state index contributed by atoms with van der Waals surface area (Å²) in [7, 11) is 0. The van der Waals surface area contributed by atoms with Gasteiger partial charge < -0.3 is 9.26 Å². The Labute approximate surface area is 92.4 Å². The first-order chi connectivity index (χ1) is 7.69. The van der Waals surface area contributed by atoms with Gasteiger partial charge in [0, 0.05) is 0 Å². The molecule has 0 amide bonds. The quantitative estimate of drug-likeness (QED) is 0.767. The Morgan fingerprint density at radius 2 is 2.38 bits per heavy atom. The maximum Gasteiger partial charge on any atom is 0.376 e. The fourth-order valence-electron chi connectivity index (χ4n) is 1.17. The molecule has 0 aliphatic heterocycles. The number of rotatable bonds is 4. The number of hydrogen-bond acceptors (Lipinski definition) is 5.